The van der Waals surface area contributed by atoms with Crippen LogP contribution in [0, 0.1) is 6.92 Å². The minimum Gasteiger partial charge on any atom is -0.502 e. The number of furan rings is 1. The molecule has 0 atom stereocenters. The molecule has 11 nitrogen and oxygen atoms in total. The number of methoxy groups -OCH3 is 2. The third-order valence-electron chi connectivity index (χ3n) is 6.59. The van der Waals surface area contributed by atoms with E-state index in [1.807, 2.05) is 31.2 Å². The van der Waals surface area contributed by atoms with Gasteiger partial charge in [-0.2, -0.15) is 5.10 Å². The maximum Gasteiger partial charge on any atom is 0.267 e. The number of benzene rings is 3. The summed E-state index contributed by atoms with van der Waals surface area (Å²) in [6.45, 7) is 1.87. The zero-order chi connectivity index (χ0) is 32.6. The quantitative estimate of drug-likeness (QED) is 0.101. The molecule has 0 spiro atoms. The third-order valence-corrected chi connectivity index (χ3v) is 8.08. The molecule has 1 saturated heterocycles. The Morgan fingerprint density at radius 2 is 1.80 bits per heavy atom. The van der Waals surface area contributed by atoms with Crippen LogP contribution in [-0.2, 0) is 16.1 Å². The van der Waals surface area contributed by atoms with Crippen LogP contribution in [0.1, 0.15) is 22.5 Å². The highest BCUT2D eigenvalue weighted by Crippen LogP contribution is 2.38. The summed E-state index contributed by atoms with van der Waals surface area (Å²) in [7, 11) is 2.86. The Labute approximate surface area is 277 Å². The topological polar surface area (TPSA) is 135 Å². The van der Waals surface area contributed by atoms with Crippen molar-refractivity contribution in [2.45, 2.75) is 13.5 Å². The Morgan fingerprint density at radius 1 is 1.07 bits per heavy atom. The van der Waals surface area contributed by atoms with Crippen molar-refractivity contribution in [1.29, 1.82) is 0 Å². The maximum atomic E-state index is 13.7. The van der Waals surface area contributed by atoms with Crippen LogP contribution in [0.3, 0.4) is 0 Å². The van der Waals surface area contributed by atoms with Crippen molar-refractivity contribution in [2.24, 2.45) is 10.2 Å². The number of hydrogen-bond acceptors (Lipinski definition) is 10. The summed E-state index contributed by atoms with van der Waals surface area (Å²) in [4.78, 5) is 28.1. The van der Waals surface area contributed by atoms with Crippen LogP contribution >= 0.6 is 27.7 Å². The number of ether oxygens (including phenoxy) is 3. The number of aromatic hydroxyl groups is 1. The van der Waals surface area contributed by atoms with Gasteiger partial charge in [-0.1, -0.05) is 33.6 Å². The third kappa shape index (κ3) is 7.98. The fourth-order valence-corrected chi connectivity index (χ4v) is 5.60. The lowest BCUT2D eigenvalue weighted by Gasteiger charge is -2.13. The van der Waals surface area contributed by atoms with Gasteiger partial charge in [0.1, 0.15) is 11.5 Å². The Bertz CT molecular complexity index is 1800. The van der Waals surface area contributed by atoms with E-state index in [0.29, 0.717) is 38.4 Å². The van der Waals surface area contributed by atoms with Gasteiger partial charge < -0.3 is 29.1 Å². The van der Waals surface area contributed by atoms with Crippen LogP contribution in [-0.4, -0.2) is 54.0 Å². The van der Waals surface area contributed by atoms with Crippen molar-refractivity contribution < 1.29 is 33.3 Å². The molecule has 1 aromatic heterocycles. The molecular formula is C33H29BrN4O7S. The molecule has 0 saturated carbocycles. The Balaban J connectivity index is 1.39. The standard InChI is InChI=1S/C33H29BrN4O7S/c1-20-6-9-24(10-7-20)36-30(39)19-45-26-11-8-23(34)15-22(26)16-29-32(41)38(18-25-5-4-12-44-25)33(46-29)37-35-17-21-13-27(42-2)31(40)28(14-21)43-3/h4-17,40H,18-19H2,1-3H3,(H,36,39)/b29-16-,35-17-,37-33+. The van der Waals surface area contributed by atoms with Crippen LogP contribution in [0.15, 0.2) is 97.0 Å². The number of nitrogens with zero attached hydrogens (tertiary/aromatic N) is 3. The van der Waals surface area contributed by atoms with Crippen LogP contribution in [0.2, 0.25) is 0 Å². The summed E-state index contributed by atoms with van der Waals surface area (Å²) in [5.74, 6) is 0.633. The number of amides is 2. The Morgan fingerprint density at radius 3 is 2.48 bits per heavy atom. The molecule has 46 heavy (non-hydrogen) atoms. The number of amidine groups is 1. The molecule has 2 amide bonds. The van der Waals surface area contributed by atoms with Gasteiger partial charge in [0.05, 0.1) is 38.1 Å². The zero-order valence-corrected chi connectivity index (χ0v) is 27.4. The highest BCUT2D eigenvalue weighted by Gasteiger charge is 2.34. The molecule has 2 heterocycles. The molecule has 0 radical (unpaired) electrons. The lowest BCUT2D eigenvalue weighted by Crippen LogP contribution is -2.28. The van der Waals surface area contributed by atoms with Gasteiger partial charge in [0.2, 0.25) is 5.75 Å². The van der Waals surface area contributed by atoms with Gasteiger partial charge in [0.15, 0.2) is 23.3 Å². The number of thioether (sulfide) groups is 1. The van der Waals surface area contributed by atoms with E-state index < -0.39 is 0 Å². The smallest absolute Gasteiger partial charge is 0.267 e. The van der Waals surface area contributed by atoms with E-state index in [9.17, 15) is 14.7 Å². The van der Waals surface area contributed by atoms with Crippen molar-refractivity contribution in [2.75, 3.05) is 26.1 Å². The van der Waals surface area contributed by atoms with Gasteiger partial charge in [0.25, 0.3) is 11.8 Å². The van der Waals surface area contributed by atoms with E-state index in [1.165, 1.54) is 31.6 Å². The van der Waals surface area contributed by atoms with Crippen LogP contribution in [0.25, 0.3) is 6.08 Å². The molecule has 3 aromatic carbocycles. The first-order valence-electron chi connectivity index (χ1n) is 13.8. The molecule has 1 aliphatic rings. The Hall–Kier alpha value is -5.01. The second kappa shape index (κ2) is 14.8. The molecule has 0 bridgehead atoms. The molecule has 0 aliphatic carbocycles. The number of hydrogen-bond donors (Lipinski definition) is 2. The van der Waals surface area contributed by atoms with E-state index in [1.54, 1.807) is 48.5 Å². The van der Waals surface area contributed by atoms with E-state index in [-0.39, 0.29) is 42.2 Å². The zero-order valence-electron chi connectivity index (χ0n) is 25.0. The van der Waals surface area contributed by atoms with E-state index in [0.717, 1.165) is 21.8 Å². The van der Waals surface area contributed by atoms with Crippen LogP contribution < -0.4 is 19.5 Å². The summed E-state index contributed by atoms with van der Waals surface area (Å²) < 4.78 is 22.5. The normalized spacial score (nSPS) is 14.8. The summed E-state index contributed by atoms with van der Waals surface area (Å²) >= 11 is 4.61. The van der Waals surface area contributed by atoms with Gasteiger partial charge in [0, 0.05) is 21.3 Å². The van der Waals surface area contributed by atoms with E-state index >= 15 is 0 Å². The SMILES string of the molecule is COc1cc(/C=N\N=C2\S/C(=C\c3cc(Br)ccc3OCC(=O)Nc3ccc(C)cc3)C(=O)N2Cc2ccco2)cc(OC)c1O. The highest BCUT2D eigenvalue weighted by molar-refractivity contribution is 9.10. The average molecular weight is 706 g/mol. The van der Waals surface area contributed by atoms with Gasteiger partial charge in [-0.05, 0) is 79.4 Å². The summed E-state index contributed by atoms with van der Waals surface area (Å²) in [6, 6.07) is 19.4. The molecule has 0 unspecified atom stereocenters. The van der Waals surface area contributed by atoms with Crippen LogP contribution in [0.5, 0.6) is 23.0 Å². The molecule has 2 N–H and O–H groups in total. The predicted octanol–water partition coefficient (Wildman–Crippen LogP) is 6.60. The fourth-order valence-electron chi connectivity index (χ4n) is 4.30. The summed E-state index contributed by atoms with van der Waals surface area (Å²) in [5, 5.41) is 21.9. The number of anilines is 1. The average Bonchev–Trinajstić information content (AvgIpc) is 3.66. The number of rotatable bonds is 11. The van der Waals surface area contributed by atoms with E-state index in [2.05, 4.69) is 31.4 Å². The number of halogens is 1. The number of phenols is 1. The number of phenolic OH excluding ortho intramolecular Hbond substituents is 1. The summed E-state index contributed by atoms with van der Waals surface area (Å²) in [6.07, 6.45) is 4.67. The Kier molecular flexibility index (Phi) is 10.5. The van der Waals surface area contributed by atoms with Crippen LogP contribution in [0.4, 0.5) is 5.69 Å². The first kappa shape index (κ1) is 32.4. The van der Waals surface area contributed by atoms with Gasteiger partial charge in [-0.15, -0.1) is 5.10 Å². The molecule has 5 rings (SSSR count). The molecule has 13 heteroatoms. The molecule has 4 aromatic rings. The van der Waals surface area contributed by atoms with Crippen molar-refractivity contribution in [1.82, 2.24) is 4.90 Å². The first-order chi connectivity index (χ1) is 22.2. The number of nitrogens with one attached hydrogen (secondary N) is 1. The van der Waals surface area contributed by atoms with Gasteiger partial charge >= 0.3 is 0 Å². The van der Waals surface area contributed by atoms with Crippen molar-refractivity contribution in [3.05, 3.63) is 105 Å². The van der Waals surface area contributed by atoms with E-state index in [4.69, 9.17) is 18.6 Å². The van der Waals surface area contributed by atoms with Crippen molar-refractivity contribution in [3.63, 3.8) is 0 Å². The molecule has 236 valence electrons. The summed E-state index contributed by atoms with van der Waals surface area (Å²) in [5.41, 5.74) is 2.89. The van der Waals surface area contributed by atoms with Gasteiger partial charge in [-0.3, -0.25) is 14.5 Å². The van der Waals surface area contributed by atoms with Crippen molar-refractivity contribution in [3.8, 4) is 23.0 Å². The minimum atomic E-state index is -0.322. The molecular weight excluding hydrogens is 676 g/mol. The molecule has 1 fully saturated rings. The first-order valence-corrected chi connectivity index (χ1v) is 15.4. The number of carbonyl (C=O) groups is 2. The second-order valence-electron chi connectivity index (χ2n) is 9.87. The second-order valence-corrected chi connectivity index (χ2v) is 11.8. The monoisotopic (exact) mass is 704 g/mol. The maximum absolute atomic E-state index is 13.7. The largest absolute Gasteiger partial charge is 0.502 e. The van der Waals surface area contributed by atoms with Crippen molar-refractivity contribution >= 4 is 62.7 Å². The van der Waals surface area contributed by atoms with Gasteiger partial charge in [-0.25, -0.2) is 0 Å². The minimum absolute atomic E-state index is 0.131. The fraction of sp³-hybridized carbons (Fsp3) is 0.152. The lowest BCUT2D eigenvalue weighted by atomic mass is 10.2. The highest BCUT2D eigenvalue weighted by atomic mass is 79.9. The number of aryl methyl sites for hydroxylation is 1. The number of carbonyl (C=O) groups excluding carboxylic acids is 2. The predicted molar refractivity (Wildman–Crippen MR) is 181 cm³/mol. The molecule has 1 aliphatic heterocycles. The lowest BCUT2D eigenvalue weighted by molar-refractivity contribution is -0.122.